The molecule has 0 aliphatic carbocycles. The van der Waals surface area contributed by atoms with E-state index >= 15 is 0 Å². The Kier molecular flexibility index (Phi) is 4.25. The van der Waals surface area contributed by atoms with Gasteiger partial charge in [0.1, 0.15) is 0 Å². The highest BCUT2D eigenvalue weighted by atomic mass is 15.2. The summed E-state index contributed by atoms with van der Waals surface area (Å²) in [5, 5.41) is 3.39. The van der Waals surface area contributed by atoms with Crippen LogP contribution in [0.25, 0.3) is 0 Å². The standard InChI is InChI=1S/C16H23N3/c1-12(2)17-16-18-14(4)11-19(16)9-8-15-7-5-6-13(3)10-15/h5-7,10-12H,8-9H2,1-4H3,(H,17,18). The largest absolute Gasteiger partial charge is 0.353 e. The number of nitrogens with one attached hydrogen (secondary N) is 1. The van der Waals surface area contributed by atoms with Crippen LogP contribution in [-0.2, 0) is 13.0 Å². The highest BCUT2D eigenvalue weighted by molar-refractivity contribution is 5.30. The molecule has 0 aliphatic heterocycles. The van der Waals surface area contributed by atoms with Gasteiger partial charge < -0.3 is 9.88 Å². The molecule has 0 unspecified atom stereocenters. The van der Waals surface area contributed by atoms with Crippen LogP contribution in [0.4, 0.5) is 5.95 Å². The van der Waals surface area contributed by atoms with Crippen molar-refractivity contribution in [3.8, 4) is 0 Å². The van der Waals surface area contributed by atoms with E-state index in [0.29, 0.717) is 6.04 Å². The second-order valence-corrected chi connectivity index (χ2v) is 5.44. The van der Waals surface area contributed by atoms with Crippen molar-refractivity contribution >= 4 is 5.95 Å². The summed E-state index contributed by atoms with van der Waals surface area (Å²) >= 11 is 0. The van der Waals surface area contributed by atoms with Crippen LogP contribution in [0.3, 0.4) is 0 Å². The molecule has 19 heavy (non-hydrogen) atoms. The van der Waals surface area contributed by atoms with Gasteiger partial charge in [-0.3, -0.25) is 0 Å². The lowest BCUT2D eigenvalue weighted by Gasteiger charge is -2.12. The lowest BCUT2D eigenvalue weighted by molar-refractivity contribution is 0.691. The molecule has 1 N–H and O–H groups in total. The Balaban J connectivity index is 2.06. The summed E-state index contributed by atoms with van der Waals surface area (Å²) in [6, 6.07) is 9.10. The first kappa shape index (κ1) is 13.7. The molecule has 1 heterocycles. The molecule has 3 heteroatoms. The average molecular weight is 257 g/mol. The fourth-order valence-corrected chi connectivity index (χ4v) is 2.21. The van der Waals surface area contributed by atoms with Crippen molar-refractivity contribution in [2.75, 3.05) is 5.32 Å². The van der Waals surface area contributed by atoms with Crippen molar-refractivity contribution in [1.29, 1.82) is 0 Å². The zero-order valence-corrected chi connectivity index (χ0v) is 12.3. The Morgan fingerprint density at radius 1 is 1.26 bits per heavy atom. The number of aromatic nitrogens is 2. The molecule has 0 atom stereocenters. The Morgan fingerprint density at radius 2 is 2.05 bits per heavy atom. The molecule has 3 nitrogen and oxygen atoms in total. The maximum atomic E-state index is 4.53. The van der Waals surface area contributed by atoms with Crippen LogP contribution in [0.5, 0.6) is 0 Å². The highest BCUT2D eigenvalue weighted by Crippen LogP contribution is 2.12. The van der Waals surface area contributed by atoms with Crippen LogP contribution in [0.1, 0.15) is 30.7 Å². The van der Waals surface area contributed by atoms with Crippen LogP contribution in [0, 0.1) is 13.8 Å². The maximum absolute atomic E-state index is 4.53. The Labute approximate surface area is 115 Å². The second-order valence-electron chi connectivity index (χ2n) is 5.44. The minimum absolute atomic E-state index is 0.402. The number of hydrogen-bond donors (Lipinski definition) is 1. The first-order valence-corrected chi connectivity index (χ1v) is 6.90. The first-order valence-electron chi connectivity index (χ1n) is 6.90. The second kappa shape index (κ2) is 5.91. The molecular weight excluding hydrogens is 234 g/mol. The van der Waals surface area contributed by atoms with Gasteiger partial charge in [0.15, 0.2) is 0 Å². The number of imidazole rings is 1. The third-order valence-electron chi connectivity index (χ3n) is 3.04. The lowest BCUT2D eigenvalue weighted by atomic mass is 10.1. The summed E-state index contributed by atoms with van der Waals surface area (Å²) in [6.45, 7) is 9.40. The van der Waals surface area contributed by atoms with Gasteiger partial charge in [0, 0.05) is 18.8 Å². The summed E-state index contributed by atoms with van der Waals surface area (Å²) in [5.74, 6) is 0.972. The summed E-state index contributed by atoms with van der Waals surface area (Å²) in [5.41, 5.74) is 3.76. The van der Waals surface area contributed by atoms with Gasteiger partial charge in [-0.1, -0.05) is 29.8 Å². The average Bonchev–Trinajstić information content (AvgIpc) is 2.66. The number of nitrogens with zero attached hydrogens (tertiary/aromatic N) is 2. The van der Waals surface area contributed by atoms with E-state index in [1.807, 2.05) is 6.92 Å². The van der Waals surface area contributed by atoms with Crippen molar-refractivity contribution in [3.05, 3.63) is 47.3 Å². The number of aryl methyl sites for hydroxylation is 4. The molecule has 2 aromatic rings. The molecule has 0 saturated heterocycles. The third kappa shape index (κ3) is 3.85. The lowest BCUT2D eigenvalue weighted by Crippen LogP contribution is -2.15. The minimum Gasteiger partial charge on any atom is -0.353 e. The van der Waals surface area contributed by atoms with E-state index in [1.165, 1.54) is 11.1 Å². The zero-order chi connectivity index (χ0) is 13.8. The Bertz CT molecular complexity index is 541. The Hall–Kier alpha value is -1.77. The molecule has 1 aromatic carbocycles. The molecule has 0 fully saturated rings. The quantitative estimate of drug-likeness (QED) is 0.887. The van der Waals surface area contributed by atoms with E-state index in [9.17, 15) is 0 Å². The van der Waals surface area contributed by atoms with E-state index in [-0.39, 0.29) is 0 Å². The molecule has 1 aromatic heterocycles. The molecule has 2 rings (SSSR count). The van der Waals surface area contributed by atoms with E-state index in [2.05, 4.69) is 66.1 Å². The van der Waals surface area contributed by atoms with Crippen LogP contribution >= 0.6 is 0 Å². The van der Waals surface area contributed by atoms with Gasteiger partial charge >= 0.3 is 0 Å². The first-order chi connectivity index (χ1) is 9.04. The maximum Gasteiger partial charge on any atom is 0.203 e. The van der Waals surface area contributed by atoms with E-state index < -0.39 is 0 Å². The fourth-order valence-electron chi connectivity index (χ4n) is 2.21. The number of hydrogen-bond acceptors (Lipinski definition) is 2. The number of anilines is 1. The molecule has 0 bridgehead atoms. The summed E-state index contributed by atoms with van der Waals surface area (Å²) in [7, 11) is 0. The molecule has 0 aliphatic rings. The normalized spacial score (nSPS) is 11.0. The molecule has 0 radical (unpaired) electrons. The van der Waals surface area contributed by atoms with Gasteiger partial charge in [-0.25, -0.2) is 4.98 Å². The van der Waals surface area contributed by atoms with Crippen molar-refractivity contribution < 1.29 is 0 Å². The molecule has 0 spiro atoms. The van der Waals surface area contributed by atoms with Gasteiger partial charge in [0.05, 0.1) is 5.69 Å². The summed E-state index contributed by atoms with van der Waals surface area (Å²) in [4.78, 5) is 4.53. The van der Waals surface area contributed by atoms with Gasteiger partial charge in [0.25, 0.3) is 0 Å². The fraction of sp³-hybridized carbons (Fsp3) is 0.438. The predicted molar refractivity (Wildman–Crippen MR) is 80.6 cm³/mol. The van der Waals surface area contributed by atoms with Crippen molar-refractivity contribution in [2.24, 2.45) is 0 Å². The van der Waals surface area contributed by atoms with E-state index in [4.69, 9.17) is 0 Å². The number of benzene rings is 1. The highest BCUT2D eigenvalue weighted by Gasteiger charge is 2.06. The molecule has 0 amide bonds. The monoisotopic (exact) mass is 257 g/mol. The van der Waals surface area contributed by atoms with Gasteiger partial charge in [-0.05, 0) is 39.7 Å². The van der Waals surface area contributed by atoms with Gasteiger partial charge in [-0.2, -0.15) is 0 Å². The van der Waals surface area contributed by atoms with Crippen LogP contribution in [0.2, 0.25) is 0 Å². The zero-order valence-electron chi connectivity index (χ0n) is 12.3. The predicted octanol–water partition coefficient (Wildman–Crippen LogP) is 3.56. The van der Waals surface area contributed by atoms with Crippen molar-refractivity contribution in [1.82, 2.24) is 9.55 Å². The van der Waals surface area contributed by atoms with Gasteiger partial charge in [-0.15, -0.1) is 0 Å². The van der Waals surface area contributed by atoms with E-state index in [0.717, 1.165) is 24.6 Å². The van der Waals surface area contributed by atoms with Crippen LogP contribution in [0.15, 0.2) is 30.5 Å². The number of rotatable bonds is 5. The molecule has 102 valence electrons. The molecular formula is C16H23N3. The topological polar surface area (TPSA) is 29.9 Å². The smallest absolute Gasteiger partial charge is 0.203 e. The van der Waals surface area contributed by atoms with E-state index in [1.54, 1.807) is 0 Å². The summed E-state index contributed by atoms with van der Waals surface area (Å²) in [6.07, 6.45) is 3.14. The van der Waals surface area contributed by atoms with Crippen LogP contribution in [-0.4, -0.2) is 15.6 Å². The van der Waals surface area contributed by atoms with Crippen molar-refractivity contribution in [2.45, 2.75) is 46.7 Å². The Morgan fingerprint density at radius 3 is 2.74 bits per heavy atom. The minimum atomic E-state index is 0.402. The summed E-state index contributed by atoms with van der Waals surface area (Å²) < 4.78 is 2.21. The van der Waals surface area contributed by atoms with Gasteiger partial charge in [0.2, 0.25) is 5.95 Å². The van der Waals surface area contributed by atoms with Crippen molar-refractivity contribution in [3.63, 3.8) is 0 Å². The third-order valence-corrected chi connectivity index (χ3v) is 3.04. The molecule has 0 saturated carbocycles. The SMILES string of the molecule is Cc1cccc(CCn2cc(C)nc2NC(C)C)c1. The van der Waals surface area contributed by atoms with Crippen LogP contribution < -0.4 is 5.32 Å².